The van der Waals surface area contributed by atoms with Crippen molar-refractivity contribution in [1.82, 2.24) is 0 Å². The van der Waals surface area contributed by atoms with Crippen LogP contribution in [0.15, 0.2) is 18.2 Å². The van der Waals surface area contributed by atoms with Gasteiger partial charge in [-0.1, -0.05) is 6.07 Å². The van der Waals surface area contributed by atoms with Gasteiger partial charge >= 0.3 is 0 Å². The molecular weight excluding hydrogens is 226 g/mol. The number of Topliss-reactive ketones (excluding diaryl/α,β-unsaturated/α-hetero) is 1. The first-order valence-electron chi connectivity index (χ1n) is 6.35. The third-order valence-corrected chi connectivity index (χ3v) is 3.26. The van der Waals surface area contributed by atoms with Crippen molar-refractivity contribution in [3.8, 4) is 5.75 Å². The molecule has 0 saturated carbocycles. The van der Waals surface area contributed by atoms with E-state index in [0.29, 0.717) is 11.3 Å². The molecule has 3 heteroatoms. The smallest absolute Gasteiger partial charge is 0.209 e. The minimum absolute atomic E-state index is 0.0585. The van der Waals surface area contributed by atoms with Crippen LogP contribution in [0.5, 0.6) is 5.75 Å². The molecule has 0 aromatic heterocycles. The molecule has 0 aliphatic carbocycles. The van der Waals surface area contributed by atoms with Gasteiger partial charge in [-0.2, -0.15) is 0 Å². The predicted molar refractivity (Wildman–Crippen MR) is 72.1 cm³/mol. The third-order valence-electron chi connectivity index (χ3n) is 3.26. The normalized spacial score (nSPS) is 17.5. The third kappa shape index (κ3) is 2.56. The molecule has 98 valence electrons. The lowest BCUT2D eigenvalue weighted by molar-refractivity contribution is 0.0684. The molecule has 1 aliphatic rings. The summed E-state index contributed by atoms with van der Waals surface area (Å²) in [5.74, 6) is 0.764. The van der Waals surface area contributed by atoms with Gasteiger partial charge < -0.3 is 10.5 Å². The first-order valence-corrected chi connectivity index (χ1v) is 6.35. The Labute approximate surface area is 108 Å². The zero-order chi connectivity index (χ0) is 13.6. The van der Waals surface area contributed by atoms with Gasteiger partial charge in [0.1, 0.15) is 5.75 Å². The minimum atomic E-state index is -0.728. The number of hydrogen-bond acceptors (Lipinski definition) is 3. The fourth-order valence-electron chi connectivity index (χ4n) is 2.11. The zero-order valence-corrected chi connectivity index (χ0v) is 11.5. The van der Waals surface area contributed by atoms with Crippen LogP contribution in [0.4, 0.5) is 0 Å². The number of nitrogens with two attached hydrogens (primary N) is 1. The van der Waals surface area contributed by atoms with Crippen LogP contribution in [0.1, 0.15) is 50.0 Å². The standard InChI is InChI=1S/C15H21NO2/c1-14(2,16)8-7-10-5-6-11-12(9-10)18-15(3,4)13(11)17/h5-6,9H,7-8,16H2,1-4H3. The van der Waals surface area contributed by atoms with Crippen LogP contribution in [0.3, 0.4) is 0 Å². The molecular formula is C15H21NO2. The van der Waals surface area contributed by atoms with Gasteiger partial charge in [-0.15, -0.1) is 0 Å². The Balaban J connectivity index is 2.18. The summed E-state index contributed by atoms with van der Waals surface area (Å²) >= 11 is 0. The molecule has 3 nitrogen and oxygen atoms in total. The molecule has 2 N–H and O–H groups in total. The molecule has 1 aromatic rings. The fraction of sp³-hybridized carbons (Fsp3) is 0.533. The highest BCUT2D eigenvalue weighted by molar-refractivity contribution is 6.06. The quantitative estimate of drug-likeness (QED) is 0.893. The van der Waals surface area contributed by atoms with Crippen molar-refractivity contribution in [3.05, 3.63) is 29.3 Å². The van der Waals surface area contributed by atoms with Crippen molar-refractivity contribution < 1.29 is 9.53 Å². The molecule has 0 saturated heterocycles. The van der Waals surface area contributed by atoms with E-state index >= 15 is 0 Å². The first kappa shape index (κ1) is 13.1. The van der Waals surface area contributed by atoms with Crippen LogP contribution in [0.2, 0.25) is 0 Å². The summed E-state index contributed by atoms with van der Waals surface area (Å²) in [7, 11) is 0. The van der Waals surface area contributed by atoms with Gasteiger partial charge in [0.2, 0.25) is 5.78 Å². The summed E-state index contributed by atoms with van der Waals surface area (Å²) in [5, 5.41) is 0. The number of carbonyl (C=O) groups is 1. The molecule has 0 spiro atoms. The Morgan fingerprint density at radius 2 is 2.00 bits per heavy atom. The Bertz CT molecular complexity index is 484. The molecule has 18 heavy (non-hydrogen) atoms. The van der Waals surface area contributed by atoms with Crippen molar-refractivity contribution in [3.63, 3.8) is 0 Å². The van der Waals surface area contributed by atoms with Crippen molar-refractivity contribution >= 4 is 5.78 Å². The average Bonchev–Trinajstić information content (AvgIpc) is 2.45. The summed E-state index contributed by atoms with van der Waals surface area (Å²) in [6.07, 6.45) is 1.80. The van der Waals surface area contributed by atoms with Crippen molar-refractivity contribution in [2.24, 2.45) is 5.73 Å². The Hall–Kier alpha value is -1.35. The molecule has 1 heterocycles. The highest BCUT2D eigenvalue weighted by Gasteiger charge is 2.39. The van der Waals surface area contributed by atoms with Crippen molar-refractivity contribution in [1.29, 1.82) is 0 Å². The molecule has 0 unspecified atom stereocenters. The topological polar surface area (TPSA) is 52.3 Å². The summed E-state index contributed by atoms with van der Waals surface area (Å²) in [6, 6.07) is 5.83. The number of ether oxygens (including phenoxy) is 1. The van der Waals surface area contributed by atoms with E-state index in [0.717, 1.165) is 18.4 Å². The highest BCUT2D eigenvalue weighted by atomic mass is 16.5. The number of aryl methyl sites for hydroxylation is 1. The number of carbonyl (C=O) groups excluding carboxylic acids is 1. The number of fused-ring (bicyclic) bond motifs is 1. The van der Waals surface area contributed by atoms with Gasteiger partial charge in [-0.3, -0.25) is 4.79 Å². The van der Waals surface area contributed by atoms with E-state index in [2.05, 4.69) is 0 Å². The van der Waals surface area contributed by atoms with E-state index in [1.54, 1.807) is 13.8 Å². The van der Waals surface area contributed by atoms with Crippen molar-refractivity contribution in [2.45, 2.75) is 51.7 Å². The second kappa shape index (κ2) is 4.09. The van der Waals surface area contributed by atoms with Gasteiger partial charge in [0.05, 0.1) is 5.56 Å². The molecule has 1 aromatic carbocycles. The molecule has 0 atom stereocenters. The lowest BCUT2D eigenvalue weighted by Crippen LogP contribution is -2.32. The van der Waals surface area contributed by atoms with Gasteiger partial charge in [-0.25, -0.2) is 0 Å². The van der Waals surface area contributed by atoms with E-state index in [-0.39, 0.29) is 11.3 Å². The lowest BCUT2D eigenvalue weighted by atomic mass is 9.95. The summed E-state index contributed by atoms with van der Waals surface area (Å²) in [4.78, 5) is 12.0. The van der Waals surface area contributed by atoms with Crippen molar-refractivity contribution in [2.75, 3.05) is 0 Å². The molecule has 0 bridgehead atoms. The second-order valence-electron chi connectivity index (χ2n) is 6.26. The average molecular weight is 247 g/mol. The number of benzene rings is 1. The monoisotopic (exact) mass is 247 g/mol. The highest BCUT2D eigenvalue weighted by Crippen LogP contribution is 2.35. The number of ketones is 1. The van der Waals surface area contributed by atoms with E-state index < -0.39 is 5.60 Å². The van der Waals surface area contributed by atoms with Crippen LogP contribution in [0.25, 0.3) is 0 Å². The summed E-state index contributed by atoms with van der Waals surface area (Å²) in [5.41, 5.74) is 6.93. The lowest BCUT2D eigenvalue weighted by Gasteiger charge is -2.18. The van der Waals surface area contributed by atoms with Crippen LogP contribution >= 0.6 is 0 Å². The molecule has 0 radical (unpaired) electrons. The first-order chi connectivity index (χ1) is 8.19. The van der Waals surface area contributed by atoms with Crippen LogP contribution in [0, 0.1) is 0 Å². The summed E-state index contributed by atoms with van der Waals surface area (Å²) < 4.78 is 5.70. The Morgan fingerprint density at radius 3 is 2.61 bits per heavy atom. The maximum Gasteiger partial charge on any atom is 0.209 e. The van der Waals surface area contributed by atoms with Gasteiger partial charge in [0.15, 0.2) is 5.60 Å². The SMILES string of the molecule is CC(C)(N)CCc1ccc2c(c1)OC(C)(C)C2=O. The Kier molecular flexibility index (Phi) is 2.98. The molecule has 1 aliphatic heterocycles. The number of hydrogen-bond donors (Lipinski definition) is 1. The van der Waals surface area contributed by atoms with E-state index in [9.17, 15) is 4.79 Å². The van der Waals surface area contributed by atoms with Gasteiger partial charge in [0.25, 0.3) is 0 Å². The van der Waals surface area contributed by atoms with Crippen LogP contribution in [-0.4, -0.2) is 16.9 Å². The molecule has 2 rings (SSSR count). The van der Waals surface area contributed by atoms with Crippen LogP contribution < -0.4 is 10.5 Å². The van der Waals surface area contributed by atoms with Gasteiger partial charge in [-0.05, 0) is 58.2 Å². The maximum absolute atomic E-state index is 12.0. The predicted octanol–water partition coefficient (Wildman–Crippen LogP) is 2.71. The minimum Gasteiger partial charge on any atom is -0.479 e. The largest absolute Gasteiger partial charge is 0.479 e. The maximum atomic E-state index is 12.0. The summed E-state index contributed by atoms with van der Waals surface area (Å²) in [6.45, 7) is 7.64. The second-order valence-corrected chi connectivity index (χ2v) is 6.26. The fourth-order valence-corrected chi connectivity index (χ4v) is 2.11. The zero-order valence-electron chi connectivity index (χ0n) is 11.5. The number of rotatable bonds is 3. The Morgan fingerprint density at radius 1 is 1.33 bits per heavy atom. The molecule has 0 fully saturated rings. The van der Waals surface area contributed by atoms with E-state index in [1.807, 2.05) is 32.0 Å². The van der Waals surface area contributed by atoms with Crippen LogP contribution in [-0.2, 0) is 6.42 Å². The van der Waals surface area contributed by atoms with E-state index in [4.69, 9.17) is 10.5 Å². The van der Waals surface area contributed by atoms with Gasteiger partial charge in [0, 0.05) is 5.54 Å². The van der Waals surface area contributed by atoms with E-state index in [1.165, 1.54) is 0 Å². The molecule has 0 amide bonds.